The zero-order valence-electron chi connectivity index (χ0n) is 11.4. The summed E-state index contributed by atoms with van der Waals surface area (Å²) in [6, 6.07) is 0.436. The van der Waals surface area contributed by atoms with Gasteiger partial charge in [-0.05, 0) is 6.92 Å². The summed E-state index contributed by atoms with van der Waals surface area (Å²) in [5, 5.41) is 0. The quantitative estimate of drug-likeness (QED) is 0.641. The van der Waals surface area contributed by atoms with Crippen LogP contribution < -0.4 is 10.5 Å². The van der Waals surface area contributed by atoms with E-state index in [0.29, 0.717) is 6.07 Å². The average Bonchev–Trinajstić information content (AvgIpc) is 2.38. The van der Waals surface area contributed by atoms with Gasteiger partial charge in [-0.2, -0.15) is 0 Å². The molecule has 0 saturated carbocycles. The first-order chi connectivity index (χ1) is 10.2. The molecule has 5 nitrogen and oxygen atoms in total. The van der Waals surface area contributed by atoms with Gasteiger partial charge in [-0.15, -0.1) is 13.2 Å². The number of hydrogen-bond donors (Lipinski definition) is 1. The van der Waals surface area contributed by atoms with E-state index < -0.39 is 43.2 Å². The SMILES string of the molecule is CCOC(=O)Cc1c(OC(F)(F)F)cc(C(F)F)nc1CN. The van der Waals surface area contributed by atoms with Crippen LogP contribution in [0.5, 0.6) is 5.75 Å². The largest absolute Gasteiger partial charge is 0.573 e. The van der Waals surface area contributed by atoms with Gasteiger partial charge < -0.3 is 15.2 Å². The van der Waals surface area contributed by atoms with Crippen molar-refractivity contribution in [3.63, 3.8) is 0 Å². The standard InChI is InChI=1S/C12H13F5N2O3/c1-2-21-10(20)3-6-8(5-18)19-7(11(13)14)4-9(6)22-12(15,16)17/h4,11H,2-3,5,18H2,1H3. The van der Waals surface area contributed by atoms with Gasteiger partial charge in [0.05, 0.1) is 18.7 Å². The van der Waals surface area contributed by atoms with Crippen LogP contribution in [0.15, 0.2) is 6.07 Å². The van der Waals surface area contributed by atoms with Crippen LogP contribution >= 0.6 is 0 Å². The third-order valence-electron chi connectivity index (χ3n) is 2.46. The van der Waals surface area contributed by atoms with Crippen molar-refractivity contribution in [3.05, 3.63) is 23.0 Å². The highest BCUT2D eigenvalue weighted by atomic mass is 19.4. The van der Waals surface area contributed by atoms with Gasteiger partial charge in [-0.3, -0.25) is 4.79 Å². The van der Waals surface area contributed by atoms with Crippen LogP contribution in [0.4, 0.5) is 22.0 Å². The van der Waals surface area contributed by atoms with Crippen LogP contribution in [0, 0.1) is 0 Å². The maximum absolute atomic E-state index is 12.7. The van der Waals surface area contributed by atoms with E-state index in [1.54, 1.807) is 0 Å². The van der Waals surface area contributed by atoms with Gasteiger partial charge in [0.2, 0.25) is 0 Å². The number of aromatic nitrogens is 1. The van der Waals surface area contributed by atoms with Crippen molar-refractivity contribution in [2.75, 3.05) is 6.61 Å². The van der Waals surface area contributed by atoms with E-state index in [-0.39, 0.29) is 17.9 Å². The molecule has 0 saturated heterocycles. The van der Waals surface area contributed by atoms with E-state index in [1.807, 2.05) is 0 Å². The lowest BCUT2D eigenvalue weighted by atomic mass is 10.1. The normalized spacial score (nSPS) is 11.6. The van der Waals surface area contributed by atoms with E-state index in [0.717, 1.165) is 0 Å². The Balaban J connectivity index is 3.32. The minimum Gasteiger partial charge on any atom is -0.466 e. The summed E-state index contributed by atoms with van der Waals surface area (Å²) in [5.41, 5.74) is 3.76. The lowest BCUT2D eigenvalue weighted by molar-refractivity contribution is -0.275. The highest BCUT2D eigenvalue weighted by Crippen LogP contribution is 2.32. The Bertz CT molecular complexity index is 534. The molecule has 0 unspecified atom stereocenters. The molecule has 0 atom stereocenters. The second kappa shape index (κ2) is 7.34. The summed E-state index contributed by atoms with van der Waals surface area (Å²) in [7, 11) is 0. The van der Waals surface area contributed by atoms with Gasteiger partial charge in [0.15, 0.2) is 0 Å². The van der Waals surface area contributed by atoms with E-state index in [1.165, 1.54) is 6.92 Å². The van der Waals surface area contributed by atoms with E-state index in [2.05, 4.69) is 14.5 Å². The maximum Gasteiger partial charge on any atom is 0.573 e. The van der Waals surface area contributed by atoms with Crippen LogP contribution in [0.2, 0.25) is 0 Å². The minimum absolute atomic E-state index is 0.00873. The molecule has 0 bridgehead atoms. The molecule has 0 spiro atoms. The van der Waals surface area contributed by atoms with Crippen molar-refractivity contribution in [2.45, 2.75) is 32.7 Å². The van der Waals surface area contributed by atoms with Crippen LogP contribution in [-0.4, -0.2) is 23.9 Å². The molecule has 0 aliphatic heterocycles. The van der Waals surface area contributed by atoms with Crippen molar-refractivity contribution < 1.29 is 36.2 Å². The van der Waals surface area contributed by atoms with Crippen LogP contribution in [0.25, 0.3) is 0 Å². The van der Waals surface area contributed by atoms with E-state index in [9.17, 15) is 26.7 Å². The fourth-order valence-electron chi connectivity index (χ4n) is 1.66. The van der Waals surface area contributed by atoms with Gasteiger partial charge in [-0.1, -0.05) is 0 Å². The second-order valence-electron chi connectivity index (χ2n) is 4.00. The van der Waals surface area contributed by atoms with Crippen molar-refractivity contribution in [1.29, 1.82) is 0 Å². The fraction of sp³-hybridized carbons (Fsp3) is 0.500. The van der Waals surface area contributed by atoms with Crippen molar-refractivity contribution in [2.24, 2.45) is 5.73 Å². The highest BCUT2D eigenvalue weighted by molar-refractivity contribution is 5.74. The lowest BCUT2D eigenvalue weighted by Crippen LogP contribution is -2.21. The molecule has 1 heterocycles. The Kier molecular flexibility index (Phi) is 6.03. The van der Waals surface area contributed by atoms with Crippen molar-refractivity contribution in [1.82, 2.24) is 4.98 Å². The molecular weight excluding hydrogens is 315 g/mol. The number of rotatable bonds is 6. The molecule has 124 valence electrons. The van der Waals surface area contributed by atoms with Crippen LogP contribution in [0.1, 0.15) is 30.3 Å². The van der Waals surface area contributed by atoms with Crippen molar-refractivity contribution in [3.8, 4) is 5.75 Å². The van der Waals surface area contributed by atoms with E-state index >= 15 is 0 Å². The van der Waals surface area contributed by atoms with Crippen molar-refractivity contribution >= 4 is 5.97 Å². The first kappa shape index (κ1) is 18.1. The molecule has 22 heavy (non-hydrogen) atoms. The Hall–Kier alpha value is -1.97. The third-order valence-corrected chi connectivity index (χ3v) is 2.46. The van der Waals surface area contributed by atoms with Crippen LogP contribution in [0.3, 0.4) is 0 Å². The number of nitrogens with zero attached hydrogens (tertiary/aromatic N) is 1. The second-order valence-corrected chi connectivity index (χ2v) is 4.00. The van der Waals surface area contributed by atoms with Gasteiger partial charge >= 0.3 is 12.3 Å². The topological polar surface area (TPSA) is 74.4 Å². The first-order valence-electron chi connectivity index (χ1n) is 6.10. The molecule has 10 heteroatoms. The number of pyridine rings is 1. The molecule has 0 fully saturated rings. The molecule has 2 N–H and O–H groups in total. The minimum atomic E-state index is -5.12. The summed E-state index contributed by atoms with van der Waals surface area (Å²) >= 11 is 0. The fourth-order valence-corrected chi connectivity index (χ4v) is 1.66. The Morgan fingerprint density at radius 2 is 2.05 bits per heavy atom. The average molecular weight is 328 g/mol. The number of alkyl halides is 5. The maximum atomic E-state index is 12.7. The lowest BCUT2D eigenvalue weighted by Gasteiger charge is -2.17. The van der Waals surface area contributed by atoms with Gasteiger partial charge in [0, 0.05) is 18.2 Å². The Morgan fingerprint density at radius 3 is 2.50 bits per heavy atom. The molecule has 1 aromatic rings. The third kappa shape index (κ3) is 5.10. The summed E-state index contributed by atoms with van der Waals surface area (Å²) in [4.78, 5) is 14.9. The summed E-state index contributed by atoms with van der Waals surface area (Å²) in [6.07, 6.45) is -8.85. The molecule has 0 radical (unpaired) electrons. The Labute approximate surface area is 122 Å². The van der Waals surface area contributed by atoms with Crippen LogP contribution in [-0.2, 0) is 22.5 Å². The number of halogens is 5. The van der Waals surface area contributed by atoms with E-state index in [4.69, 9.17) is 5.73 Å². The van der Waals surface area contributed by atoms with Gasteiger partial charge in [0.1, 0.15) is 11.4 Å². The monoisotopic (exact) mass is 328 g/mol. The molecule has 1 aromatic heterocycles. The Morgan fingerprint density at radius 1 is 1.41 bits per heavy atom. The number of carbonyl (C=O) groups is 1. The summed E-state index contributed by atoms with van der Waals surface area (Å²) in [6.45, 7) is 1.07. The zero-order chi connectivity index (χ0) is 16.9. The van der Waals surface area contributed by atoms with Gasteiger partial charge in [0.25, 0.3) is 6.43 Å². The first-order valence-corrected chi connectivity index (χ1v) is 6.10. The number of esters is 1. The molecule has 1 rings (SSSR count). The smallest absolute Gasteiger partial charge is 0.466 e. The summed E-state index contributed by atoms with van der Waals surface area (Å²) in [5.74, 6) is -1.79. The number of nitrogens with two attached hydrogens (primary N) is 1. The molecule has 0 aromatic carbocycles. The zero-order valence-corrected chi connectivity index (χ0v) is 11.4. The summed E-state index contributed by atoms with van der Waals surface area (Å²) < 4.78 is 70.9. The molecule has 0 aliphatic carbocycles. The predicted octanol–water partition coefficient (Wildman–Crippen LogP) is 2.48. The molecule has 0 amide bonds. The van der Waals surface area contributed by atoms with Gasteiger partial charge in [-0.25, -0.2) is 13.8 Å². The number of hydrogen-bond acceptors (Lipinski definition) is 5. The molecule has 0 aliphatic rings. The number of carbonyl (C=O) groups excluding carboxylic acids is 1. The molecular formula is C12H13F5N2O3. The number of ether oxygens (including phenoxy) is 2. The highest BCUT2D eigenvalue weighted by Gasteiger charge is 2.34. The predicted molar refractivity (Wildman–Crippen MR) is 64.1 cm³/mol.